The van der Waals surface area contributed by atoms with Gasteiger partial charge in [-0.25, -0.2) is 4.79 Å². The Kier molecular flexibility index (Phi) is 16.0. The Balaban J connectivity index is 4.04. The van der Waals surface area contributed by atoms with Gasteiger partial charge in [0, 0.05) is 6.08 Å². The van der Waals surface area contributed by atoms with Crippen LogP contribution in [0.4, 0.5) is 0 Å². The number of hydrogen-bond acceptors (Lipinski definition) is 2. The largest absolute Gasteiger partial charge is 0.463 e. The van der Waals surface area contributed by atoms with Gasteiger partial charge in [0.2, 0.25) is 0 Å². The molecule has 0 radical (unpaired) electrons. The van der Waals surface area contributed by atoms with E-state index in [0.717, 1.165) is 0 Å². The van der Waals surface area contributed by atoms with Crippen LogP contribution in [0.3, 0.4) is 0 Å². The van der Waals surface area contributed by atoms with E-state index in [1.165, 1.54) is 77.0 Å². The van der Waals surface area contributed by atoms with Crippen LogP contribution in [0.2, 0.25) is 0 Å². The summed E-state index contributed by atoms with van der Waals surface area (Å²) in [6.45, 7) is 6.81. The van der Waals surface area contributed by atoms with Crippen molar-refractivity contribution in [1.29, 1.82) is 0 Å². The maximum absolute atomic E-state index is 11.5. The van der Waals surface area contributed by atoms with E-state index in [4.69, 9.17) is 4.74 Å². The molecule has 0 saturated heterocycles. The molecule has 0 aliphatic rings. The van der Waals surface area contributed by atoms with Crippen LogP contribution in [0.5, 0.6) is 0 Å². The molecular formula is C20H38O2. The second-order valence-electron chi connectivity index (χ2n) is 6.28. The van der Waals surface area contributed by atoms with Gasteiger partial charge in [0.1, 0.15) is 0 Å². The molecule has 0 N–H and O–H groups in total. The number of rotatable bonds is 15. The number of unbranched alkanes of at least 4 members (excludes halogenated alkanes) is 8. The molecule has 0 aliphatic carbocycles. The van der Waals surface area contributed by atoms with E-state index in [2.05, 4.69) is 19.9 Å². The molecule has 0 rings (SSSR count). The smallest absolute Gasteiger partial charge is 0.330 e. The van der Waals surface area contributed by atoms with Crippen molar-refractivity contribution in [1.82, 2.24) is 0 Å². The summed E-state index contributed by atoms with van der Waals surface area (Å²) in [6.07, 6.45) is 19.4. The van der Waals surface area contributed by atoms with E-state index in [1.54, 1.807) is 6.08 Å². The Morgan fingerprint density at radius 2 is 1.32 bits per heavy atom. The van der Waals surface area contributed by atoms with Crippen LogP contribution in [0, 0.1) is 5.92 Å². The molecule has 0 bridgehead atoms. The zero-order valence-corrected chi connectivity index (χ0v) is 15.2. The first-order valence-electron chi connectivity index (χ1n) is 9.59. The van der Waals surface area contributed by atoms with Crippen molar-refractivity contribution in [3.63, 3.8) is 0 Å². The van der Waals surface area contributed by atoms with Crippen LogP contribution in [-0.2, 0) is 9.53 Å². The molecule has 0 aromatic carbocycles. The van der Waals surface area contributed by atoms with Crippen molar-refractivity contribution in [2.45, 2.75) is 97.8 Å². The van der Waals surface area contributed by atoms with E-state index in [9.17, 15) is 4.79 Å². The number of allylic oxidation sites excluding steroid dienone is 1. The van der Waals surface area contributed by atoms with E-state index >= 15 is 0 Å². The highest BCUT2D eigenvalue weighted by Gasteiger charge is 2.06. The molecule has 0 heterocycles. The van der Waals surface area contributed by atoms with Crippen molar-refractivity contribution in [2.75, 3.05) is 6.61 Å². The lowest BCUT2D eigenvalue weighted by atomic mass is 9.94. The van der Waals surface area contributed by atoms with Gasteiger partial charge in [-0.15, -0.1) is 0 Å². The average molecular weight is 311 g/mol. The number of ether oxygens (including phenoxy) is 1. The Bertz CT molecular complexity index is 257. The molecule has 2 heteroatoms. The summed E-state index contributed by atoms with van der Waals surface area (Å²) < 4.78 is 4.98. The van der Waals surface area contributed by atoms with Crippen LogP contribution in [-0.4, -0.2) is 12.6 Å². The molecular weight excluding hydrogens is 272 g/mol. The van der Waals surface area contributed by atoms with Crippen LogP contribution < -0.4 is 0 Å². The lowest BCUT2D eigenvalue weighted by Gasteiger charge is -2.12. The minimum atomic E-state index is -0.190. The highest BCUT2D eigenvalue weighted by Crippen LogP contribution is 2.20. The Morgan fingerprint density at radius 1 is 0.818 bits per heavy atom. The standard InChI is InChI=1S/C20H38O2/c1-4-7-9-11-13-15-19(16-14-12-10-8-5-2)17-18-20(21)22-6-3/h17-19H,4-16H2,1-3H3. The first-order valence-corrected chi connectivity index (χ1v) is 9.59. The predicted octanol–water partition coefficient (Wildman–Crippen LogP) is 6.44. The molecule has 0 aromatic rings. The van der Waals surface area contributed by atoms with Gasteiger partial charge in [0.25, 0.3) is 0 Å². The van der Waals surface area contributed by atoms with Gasteiger partial charge in [-0.3, -0.25) is 0 Å². The van der Waals surface area contributed by atoms with Crippen molar-refractivity contribution in [3.05, 3.63) is 12.2 Å². The van der Waals surface area contributed by atoms with E-state index in [0.29, 0.717) is 12.5 Å². The van der Waals surface area contributed by atoms with Crippen molar-refractivity contribution in [2.24, 2.45) is 5.92 Å². The minimum absolute atomic E-state index is 0.190. The quantitative estimate of drug-likeness (QED) is 0.197. The fourth-order valence-electron chi connectivity index (χ4n) is 2.76. The Morgan fingerprint density at radius 3 is 1.77 bits per heavy atom. The Hall–Kier alpha value is -0.790. The molecule has 0 unspecified atom stereocenters. The van der Waals surface area contributed by atoms with Gasteiger partial charge in [-0.1, -0.05) is 84.1 Å². The molecule has 0 atom stereocenters. The van der Waals surface area contributed by atoms with Crippen molar-refractivity contribution in [3.8, 4) is 0 Å². The Labute approximate surface area is 138 Å². The summed E-state index contributed by atoms with van der Waals surface area (Å²) in [5.74, 6) is 0.358. The number of carbonyl (C=O) groups is 1. The molecule has 130 valence electrons. The molecule has 0 amide bonds. The van der Waals surface area contributed by atoms with Crippen molar-refractivity contribution < 1.29 is 9.53 Å². The lowest BCUT2D eigenvalue weighted by molar-refractivity contribution is -0.137. The van der Waals surface area contributed by atoms with Gasteiger partial charge >= 0.3 is 5.97 Å². The molecule has 0 spiro atoms. The van der Waals surface area contributed by atoms with Gasteiger partial charge in [0.15, 0.2) is 0 Å². The molecule has 0 aromatic heterocycles. The van der Waals surface area contributed by atoms with Crippen LogP contribution >= 0.6 is 0 Å². The summed E-state index contributed by atoms with van der Waals surface area (Å²) in [7, 11) is 0. The summed E-state index contributed by atoms with van der Waals surface area (Å²) in [4.78, 5) is 11.5. The van der Waals surface area contributed by atoms with E-state index in [-0.39, 0.29) is 5.97 Å². The minimum Gasteiger partial charge on any atom is -0.463 e. The number of carbonyl (C=O) groups excluding carboxylic acids is 1. The lowest BCUT2D eigenvalue weighted by Crippen LogP contribution is -2.02. The SMILES string of the molecule is CCCCCCCC(C=CC(=O)OCC)CCCCCCC. The third-order valence-electron chi connectivity index (χ3n) is 4.15. The van der Waals surface area contributed by atoms with Gasteiger partial charge in [-0.2, -0.15) is 0 Å². The van der Waals surface area contributed by atoms with Crippen molar-refractivity contribution >= 4 is 5.97 Å². The summed E-state index contributed by atoms with van der Waals surface area (Å²) in [6, 6.07) is 0. The summed E-state index contributed by atoms with van der Waals surface area (Å²) in [5.41, 5.74) is 0. The van der Waals surface area contributed by atoms with Crippen LogP contribution in [0.25, 0.3) is 0 Å². The first kappa shape index (κ1) is 21.2. The zero-order chi connectivity index (χ0) is 16.5. The molecule has 0 fully saturated rings. The maximum Gasteiger partial charge on any atom is 0.330 e. The average Bonchev–Trinajstić information content (AvgIpc) is 2.51. The second-order valence-corrected chi connectivity index (χ2v) is 6.28. The first-order chi connectivity index (χ1) is 10.7. The van der Waals surface area contributed by atoms with Gasteiger partial charge in [-0.05, 0) is 25.7 Å². The summed E-state index contributed by atoms with van der Waals surface area (Å²) >= 11 is 0. The van der Waals surface area contributed by atoms with Gasteiger partial charge in [0.05, 0.1) is 6.61 Å². The summed E-state index contributed by atoms with van der Waals surface area (Å²) in [5, 5.41) is 0. The third-order valence-corrected chi connectivity index (χ3v) is 4.15. The normalized spacial score (nSPS) is 11.5. The zero-order valence-electron chi connectivity index (χ0n) is 15.2. The fraction of sp³-hybridized carbons (Fsp3) is 0.850. The molecule has 0 aliphatic heterocycles. The third kappa shape index (κ3) is 14.2. The second kappa shape index (κ2) is 16.6. The molecule has 2 nitrogen and oxygen atoms in total. The number of esters is 1. The number of hydrogen-bond donors (Lipinski definition) is 0. The van der Waals surface area contributed by atoms with Crippen LogP contribution in [0.15, 0.2) is 12.2 Å². The molecule has 0 saturated carbocycles. The monoisotopic (exact) mass is 310 g/mol. The van der Waals surface area contributed by atoms with Gasteiger partial charge < -0.3 is 4.74 Å². The highest BCUT2D eigenvalue weighted by molar-refractivity contribution is 5.81. The molecule has 22 heavy (non-hydrogen) atoms. The van der Waals surface area contributed by atoms with E-state index in [1.807, 2.05) is 6.92 Å². The predicted molar refractivity (Wildman–Crippen MR) is 96.0 cm³/mol. The fourth-order valence-corrected chi connectivity index (χ4v) is 2.76. The maximum atomic E-state index is 11.5. The topological polar surface area (TPSA) is 26.3 Å². The van der Waals surface area contributed by atoms with E-state index < -0.39 is 0 Å². The van der Waals surface area contributed by atoms with Crippen LogP contribution in [0.1, 0.15) is 97.8 Å². The highest BCUT2D eigenvalue weighted by atomic mass is 16.5.